The summed E-state index contributed by atoms with van der Waals surface area (Å²) in [7, 11) is 0. The van der Waals surface area contributed by atoms with Crippen LogP contribution in [0.25, 0.3) is 0 Å². The van der Waals surface area contributed by atoms with Gasteiger partial charge in [0.1, 0.15) is 12.2 Å². The van der Waals surface area contributed by atoms with Crippen LogP contribution in [-0.4, -0.2) is 56.4 Å². The molecule has 0 saturated heterocycles. The Morgan fingerprint density at radius 3 is 2.41 bits per heavy atom. The van der Waals surface area contributed by atoms with Crippen molar-refractivity contribution in [2.24, 2.45) is 28.6 Å². The minimum atomic E-state index is -1.15. The van der Waals surface area contributed by atoms with Gasteiger partial charge in [-0.25, -0.2) is 4.79 Å². The smallest absolute Gasteiger partial charge is 0.335 e. The maximum Gasteiger partial charge on any atom is 0.335 e. The lowest BCUT2D eigenvalue weighted by atomic mass is 9.42. The van der Waals surface area contributed by atoms with E-state index in [-0.39, 0.29) is 23.7 Å². The average Bonchev–Trinajstić information content (AvgIpc) is 3.06. The highest BCUT2D eigenvalue weighted by molar-refractivity contribution is 5.66. The van der Waals surface area contributed by atoms with Gasteiger partial charge in [-0.15, -0.1) is 0 Å². The molecule has 0 aromatic carbocycles. The number of aliphatic hydroxyl groups is 4. The number of ether oxygens (including phenoxy) is 1. The van der Waals surface area contributed by atoms with Crippen molar-refractivity contribution in [3.63, 3.8) is 0 Å². The fourth-order valence-corrected chi connectivity index (χ4v) is 8.74. The standard InChI is InChI=1S/C26H36O8/c1-13(27)34-19-11-24(2)17(22(30)23(19)31)6-5-16-18(24)10-20(28)25(3)15(8-9-26(16,25)32)14-4-7-21(29)33-12-14/h4,7,12,15-20,22-23,28,30-32H,5-6,8-11H2,1-3H3/t15-,16-,17+,18+,19-,20+,22-,23+,24+,25+,26+/m1/s1. The normalized spacial score (nSPS) is 50.1. The third-order valence-corrected chi connectivity index (χ3v) is 10.4. The van der Waals surface area contributed by atoms with Gasteiger partial charge in [0, 0.05) is 18.4 Å². The van der Waals surface area contributed by atoms with Crippen molar-refractivity contribution in [1.82, 2.24) is 0 Å². The van der Waals surface area contributed by atoms with Gasteiger partial charge in [-0.2, -0.15) is 0 Å². The van der Waals surface area contributed by atoms with Crippen molar-refractivity contribution < 1.29 is 34.4 Å². The molecule has 0 unspecified atom stereocenters. The molecule has 1 aromatic rings. The van der Waals surface area contributed by atoms with E-state index >= 15 is 0 Å². The number of esters is 1. The molecule has 0 radical (unpaired) electrons. The number of aliphatic hydroxyl groups excluding tert-OH is 3. The van der Waals surface area contributed by atoms with E-state index in [0.29, 0.717) is 38.5 Å². The SMILES string of the molecule is CC(=O)O[C@@H]1C[C@@]2(C)[C@@H](CC[C@@H]3[C@@H]2C[C@H](O)[C@]2(C)[C@@H](c4ccc(=O)oc4)CC[C@]32O)[C@@H](O)[C@H]1O. The van der Waals surface area contributed by atoms with Crippen LogP contribution in [0.15, 0.2) is 27.6 Å². The second kappa shape index (κ2) is 7.88. The van der Waals surface area contributed by atoms with Gasteiger partial charge in [0.2, 0.25) is 0 Å². The van der Waals surface area contributed by atoms with Crippen molar-refractivity contribution in [3.05, 3.63) is 34.4 Å². The average molecular weight is 477 g/mol. The first kappa shape index (κ1) is 24.0. The first-order valence-corrected chi connectivity index (χ1v) is 12.5. The lowest BCUT2D eigenvalue weighted by Gasteiger charge is -2.65. The van der Waals surface area contributed by atoms with Crippen molar-refractivity contribution in [1.29, 1.82) is 0 Å². The molecule has 4 aliphatic rings. The van der Waals surface area contributed by atoms with Gasteiger partial charge in [0.15, 0.2) is 0 Å². The van der Waals surface area contributed by atoms with Crippen LogP contribution in [-0.2, 0) is 9.53 Å². The second-order valence-electron chi connectivity index (χ2n) is 11.7. The van der Waals surface area contributed by atoms with Gasteiger partial charge in [0.25, 0.3) is 0 Å². The summed E-state index contributed by atoms with van der Waals surface area (Å²) >= 11 is 0. The zero-order valence-corrected chi connectivity index (χ0v) is 20.0. The highest BCUT2D eigenvalue weighted by Gasteiger charge is 2.71. The van der Waals surface area contributed by atoms with Crippen molar-refractivity contribution in [2.75, 3.05) is 0 Å². The Labute approximate surface area is 198 Å². The van der Waals surface area contributed by atoms with Crippen molar-refractivity contribution >= 4 is 5.97 Å². The van der Waals surface area contributed by atoms with Crippen molar-refractivity contribution in [3.8, 4) is 0 Å². The van der Waals surface area contributed by atoms with E-state index in [1.54, 1.807) is 6.07 Å². The highest BCUT2D eigenvalue weighted by Crippen LogP contribution is 2.70. The molecule has 11 atom stereocenters. The molecule has 0 aliphatic heterocycles. The predicted molar refractivity (Wildman–Crippen MR) is 121 cm³/mol. The zero-order chi connectivity index (χ0) is 24.6. The molecule has 4 saturated carbocycles. The van der Waals surface area contributed by atoms with E-state index in [1.807, 2.05) is 6.92 Å². The number of rotatable bonds is 2. The third-order valence-electron chi connectivity index (χ3n) is 10.4. The lowest BCUT2D eigenvalue weighted by Crippen LogP contribution is -2.69. The Hall–Kier alpha value is -1.74. The minimum Gasteiger partial charge on any atom is -0.460 e. The molecule has 0 spiro atoms. The molecule has 8 nitrogen and oxygen atoms in total. The molecule has 0 amide bonds. The first-order valence-electron chi connectivity index (χ1n) is 12.5. The van der Waals surface area contributed by atoms with Crippen LogP contribution in [0.2, 0.25) is 0 Å². The summed E-state index contributed by atoms with van der Waals surface area (Å²) < 4.78 is 10.5. The number of hydrogen-bond acceptors (Lipinski definition) is 8. The number of fused-ring (bicyclic) bond motifs is 5. The van der Waals surface area contributed by atoms with Crippen LogP contribution in [0.3, 0.4) is 0 Å². The molecule has 4 N–H and O–H groups in total. The molecule has 1 aromatic heterocycles. The summed E-state index contributed by atoms with van der Waals surface area (Å²) in [6.07, 6.45) is 0.956. The molecule has 8 heteroatoms. The summed E-state index contributed by atoms with van der Waals surface area (Å²) in [5.74, 6) is -1.09. The quantitative estimate of drug-likeness (QED) is 0.474. The number of carbonyl (C=O) groups excluding carboxylic acids is 1. The first-order chi connectivity index (χ1) is 15.9. The Morgan fingerprint density at radius 1 is 1.06 bits per heavy atom. The fourth-order valence-electron chi connectivity index (χ4n) is 8.74. The molecule has 34 heavy (non-hydrogen) atoms. The Bertz CT molecular complexity index is 1000. The van der Waals surface area contributed by atoms with E-state index in [4.69, 9.17) is 9.15 Å². The van der Waals surface area contributed by atoms with Gasteiger partial charge in [-0.1, -0.05) is 13.8 Å². The summed E-state index contributed by atoms with van der Waals surface area (Å²) in [6.45, 7) is 5.30. The zero-order valence-electron chi connectivity index (χ0n) is 20.0. The van der Waals surface area contributed by atoms with Crippen LogP contribution in [0.4, 0.5) is 0 Å². The molecule has 1 heterocycles. The maximum absolute atomic E-state index is 12.3. The molecular weight excluding hydrogens is 440 g/mol. The number of hydrogen-bond donors (Lipinski definition) is 4. The molecular formula is C26H36O8. The summed E-state index contributed by atoms with van der Waals surface area (Å²) in [5.41, 5.74) is -2.10. The molecule has 0 bridgehead atoms. The van der Waals surface area contributed by atoms with Crippen LogP contribution in [0.1, 0.15) is 70.8 Å². The van der Waals surface area contributed by atoms with Gasteiger partial charge in [-0.05, 0) is 79.2 Å². The van der Waals surface area contributed by atoms with E-state index in [1.165, 1.54) is 19.3 Å². The number of carbonyl (C=O) groups is 1. The highest BCUT2D eigenvalue weighted by atomic mass is 16.6. The monoisotopic (exact) mass is 476 g/mol. The lowest BCUT2D eigenvalue weighted by molar-refractivity contribution is -0.264. The van der Waals surface area contributed by atoms with Crippen LogP contribution in [0.5, 0.6) is 0 Å². The van der Waals surface area contributed by atoms with Gasteiger partial charge >= 0.3 is 11.6 Å². The van der Waals surface area contributed by atoms with E-state index in [2.05, 4.69) is 6.92 Å². The van der Waals surface area contributed by atoms with E-state index < -0.39 is 52.4 Å². The van der Waals surface area contributed by atoms with Gasteiger partial charge in [-0.3, -0.25) is 4.79 Å². The second-order valence-corrected chi connectivity index (χ2v) is 11.7. The van der Waals surface area contributed by atoms with Crippen molar-refractivity contribution in [2.45, 2.75) is 95.2 Å². The van der Waals surface area contributed by atoms with Gasteiger partial charge < -0.3 is 29.6 Å². The summed E-state index contributed by atoms with van der Waals surface area (Å²) in [5, 5.41) is 45.6. The van der Waals surface area contributed by atoms with E-state index in [0.717, 1.165) is 5.56 Å². The third kappa shape index (κ3) is 3.11. The van der Waals surface area contributed by atoms with Gasteiger partial charge in [0.05, 0.1) is 24.1 Å². The van der Waals surface area contributed by atoms with E-state index in [9.17, 15) is 30.0 Å². The Balaban J connectivity index is 1.52. The molecule has 4 aliphatic carbocycles. The largest absolute Gasteiger partial charge is 0.460 e. The minimum absolute atomic E-state index is 0.105. The summed E-state index contributed by atoms with van der Waals surface area (Å²) in [6, 6.07) is 3.11. The summed E-state index contributed by atoms with van der Waals surface area (Å²) in [4.78, 5) is 23.2. The van der Waals surface area contributed by atoms with Crippen LogP contribution >= 0.6 is 0 Å². The molecule has 5 rings (SSSR count). The van der Waals surface area contributed by atoms with Crippen LogP contribution in [0, 0.1) is 28.6 Å². The predicted octanol–water partition coefficient (Wildman–Crippen LogP) is 1.73. The Kier molecular flexibility index (Phi) is 5.56. The topological polar surface area (TPSA) is 137 Å². The maximum atomic E-state index is 12.3. The molecule has 188 valence electrons. The molecule has 4 fully saturated rings. The van der Waals surface area contributed by atoms with Crippen LogP contribution < -0.4 is 5.63 Å². The Morgan fingerprint density at radius 2 is 1.76 bits per heavy atom. The fraction of sp³-hybridized carbons (Fsp3) is 0.769.